The summed E-state index contributed by atoms with van der Waals surface area (Å²) in [4.78, 5) is 2.24. The molecule has 1 heterocycles. The highest BCUT2D eigenvalue weighted by molar-refractivity contribution is 4.81. The minimum absolute atomic E-state index is 0.238. The molecule has 1 rings (SSSR count). The lowest BCUT2D eigenvalue weighted by Crippen LogP contribution is -2.33. The number of hydrogen-bond acceptors (Lipinski definition) is 3. The van der Waals surface area contributed by atoms with Gasteiger partial charge in [0.25, 0.3) is 0 Å². The molecule has 0 bridgehead atoms. The van der Waals surface area contributed by atoms with Gasteiger partial charge in [-0.05, 0) is 26.9 Å². The van der Waals surface area contributed by atoms with Crippen LogP contribution < -0.4 is 0 Å². The molecular weight excluding hydrogens is 550 g/mol. The van der Waals surface area contributed by atoms with Gasteiger partial charge < -0.3 is 14.4 Å². The van der Waals surface area contributed by atoms with E-state index in [-0.39, 0.29) is 11.9 Å². The van der Waals surface area contributed by atoms with Crippen LogP contribution in [0.5, 0.6) is 0 Å². The van der Waals surface area contributed by atoms with E-state index < -0.39 is 0 Å². The minimum atomic E-state index is -0.299. The fourth-order valence-electron chi connectivity index (χ4n) is 7.39. The first-order chi connectivity index (χ1) is 22.1. The first-order valence-corrected chi connectivity index (χ1v) is 21.1. The van der Waals surface area contributed by atoms with E-state index in [0.717, 1.165) is 26.0 Å². The summed E-state index contributed by atoms with van der Waals surface area (Å²) in [5.41, 5.74) is 0. The Morgan fingerprint density at radius 3 is 0.956 bits per heavy atom. The topological polar surface area (TPSA) is 21.7 Å². The molecule has 3 heteroatoms. The zero-order chi connectivity index (χ0) is 32.5. The van der Waals surface area contributed by atoms with Gasteiger partial charge in [-0.3, -0.25) is 0 Å². The van der Waals surface area contributed by atoms with Crippen LogP contribution in [0.4, 0.5) is 0 Å². The summed E-state index contributed by atoms with van der Waals surface area (Å²) < 4.78 is 13.1. The van der Waals surface area contributed by atoms with Crippen LogP contribution in [0.2, 0.25) is 0 Å². The largest absolute Gasteiger partial charge is 0.347 e. The van der Waals surface area contributed by atoms with E-state index in [0.29, 0.717) is 0 Å². The summed E-state index contributed by atoms with van der Waals surface area (Å²) in [6.07, 6.45) is 47.9. The van der Waals surface area contributed by atoms with Crippen LogP contribution in [-0.2, 0) is 9.47 Å². The zero-order valence-electron chi connectivity index (χ0n) is 31.8. The Morgan fingerprint density at radius 1 is 0.422 bits per heavy atom. The van der Waals surface area contributed by atoms with Crippen molar-refractivity contribution in [1.29, 1.82) is 0 Å². The summed E-state index contributed by atoms with van der Waals surface area (Å²) in [6, 6.07) is 0. The van der Waals surface area contributed by atoms with Crippen LogP contribution in [0.3, 0.4) is 0 Å². The Hall–Kier alpha value is -0.120. The highest BCUT2D eigenvalue weighted by Gasteiger charge is 2.40. The second kappa shape index (κ2) is 32.4. The lowest BCUT2D eigenvalue weighted by atomic mass is 9.98. The van der Waals surface area contributed by atoms with Gasteiger partial charge >= 0.3 is 0 Å². The highest BCUT2D eigenvalue weighted by atomic mass is 16.7. The lowest BCUT2D eigenvalue weighted by molar-refractivity contribution is -0.180. The molecule has 1 fully saturated rings. The fraction of sp³-hybridized carbons (Fsp3) is 1.00. The van der Waals surface area contributed by atoms with Crippen LogP contribution >= 0.6 is 0 Å². The Balaban J connectivity index is 2.04. The molecule has 1 aliphatic rings. The van der Waals surface area contributed by atoms with Crippen molar-refractivity contribution in [2.45, 2.75) is 244 Å². The maximum Gasteiger partial charge on any atom is 0.168 e. The van der Waals surface area contributed by atoms with Crippen LogP contribution in [0.25, 0.3) is 0 Å². The van der Waals surface area contributed by atoms with E-state index in [4.69, 9.17) is 9.47 Å². The molecule has 45 heavy (non-hydrogen) atoms. The van der Waals surface area contributed by atoms with Gasteiger partial charge in [-0.15, -0.1) is 0 Å². The third-order valence-electron chi connectivity index (χ3n) is 10.3. The Labute approximate surface area is 285 Å². The summed E-state index contributed by atoms with van der Waals surface area (Å²) in [6.45, 7) is 6.36. The van der Waals surface area contributed by atoms with E-state index in [1.165, 1.54) is 205 Å². The minimum Gasteiger partial charge on any atom is -0.347 e. The van der Waals surface area contributed by atoms with Crippen LogP contribution in [0.1, 0.15) is 232 Å². The summed E-state index contributed by atoms with van der Waals surface area (Å²) in [5, 5.41) is 0. The van der Waals surface area contributed by atoms with Crippen molar-refractivity contribution in [3.8, 4) is 0 Å². The molecule has 0 aromatic heterocycles. The molecule has 0 radical (unpaired) electrons. The Bertz CT molecular complexity index is 543. The Kier molecular flexibility index (Phi) is 30.9. The first kappa shape index (κ1) is 42.9. The van der Waals surface area contributed by atoms with E-state index in [9.17, 15) is 0 Å². The summed E-state index contributed by atoms with van der Waals surface area (Å²) >= 11 is 0. The molecule has 0 saturated carbocycles. The molecule has 270 valence electrons. The van der Waals surface area contributed by atoms with Crippen molar-refractivity contribution in [3.63, 3.8) is 0 Å². The molecule has 0 aromatic rings. The quantitative estimate of drug-likeness (QED) is 0.0639. The molecule has 1 atom stereocenters. The fourth-order valence-corrected chi connectivity index (χ4v) is 7.39. The van der Waals surface area contributed by atoms with Crippen molar-refractivity contribution in [3.05, 3.63) is 0 Å². The average molecular weight is 636 g/mol. The van der Waals surface area contributed by atoms with Crippen LogP contribution in [0, 0.1) is 0 Å². The second-order valence-electron chi connectivity index (χ2n) is 15.3. The predicted molar refractivity (Wildman–Crippen MR) is 200 cm³/mol. The van der Waals surface area contributed by atoms with Crippen molar-refractivity contribution in [2.24, 2.45) is 0 Å². The number of ether oxygens (including phenoxy) is 2. The summed E-state index contributed by atoms with van der Waals surface area (Å²) in [5.74, 6) is -0.299. The number of unbranched alkanes of at least 4 members (excludes halogenated alkanes) is 30. The zero-order valence-corrected chi connectivity index (χ0v) is 31.8. The monoisotopic (exact) mass is 636 g/mol. The van der Waals surface area contributed by atoms with Crippen LogP contribution in [0.15, 0.2) is 0 Å². The highest BCUT2D eigenvalue weighted by Crippen LogP contribution is 2.35. The van der Waals surface area contributed by atoms with E-state index in [2.05, 4.69) is 32.8 Å². The molecule has 1 unspecified atom stereocenters. The summed E-state index contributed by atoms with van der Waals surface area (Å²) in [7, 11) is 4.29. The van der Waals surface area contributed by atoms with Gasteiger partial charge in [0.05, 0.1) is 12.7 Å². The maximum atomic E-state index is 6.64. The number of rotatable bonds is 36. The molecule has 3 nitrogen and oxygen atoms in total. The van der Waals surface area contributed by atoms with Gasteiger partial charge in [-0.25, -0.2) is 0 Å². The van der Waals surface area contributed by atoms with Gasteiger partial charge in [-0.1, -0.05) is 206 Å². The smallest absolute Gasteiger partial charge is 0.168 e. The second-order valence-corrected chi connectivity index (χ2v) is 15.3. The van der Waals surface area contributed by atoms with Gasteiger partial charge in [-0.2, -0.15) is 0 Å². The van der Waals surface area contributed by atoms with Gasteiger partial charge in [0.1, 0.15) is 0 Å². The molecule has 0 N–H and O–H groups in total. The SMILES string of the molecule is CCCCCCCCCCCCCCCCCCC1(CCCCCCCCCCCCCCCCCC)OCC(CN(C)C)O1. The number of likely N-dealkylation sites (N-methyl/N-ethyl adjacent to an activating group) is 1. The van der Waals surface area contributed by atoms with Crippen molar-refractivity contribution in [1.82, 2.24) is 4.90 Å². The van der Waals surface area contributed by atoms with Crippen LogP contribution in [-0.4, -0.2) is 44.0 Å². The average Bonchev–Trinajstić information content (AvgIpc) is 3.42. The first-order valence-electron chi connectivity index (χ1n) is 21.1. The maximum absolute atomic E-state index is 6.64. The molecule has 0 amide bonds. The van der Waals surface area contributed by atoms with Gasteiger partial charge in [0.15, 0.2) is 5.79 Å². The molecule has 0 aromatic carbocycles. The predicted octanol–water partition coefficient (Wildman–Crippen LogP) is 14.0. The van der Waals surface area contributed by atoms with E-state index >= 15 is 0 Å². The number of hydrogen-bond donors (Lipinski definition) is 0. The molecule has 1 saturated heterocycles. The Morgan fingerprint density at radius 2 is 0.689 bits per heavy atom. The molecule has 0 spiro atoms. The lowest BCUT2D eigenvalue weighted by Gasteiger charge is -2.29. The van der Waals surface area contributed by atoms with Crippen molar-refractivity contribution in [2.75, 3.05) is 27.2 Å². The standard InChI is InChI=1S/C42H85NO2/c1-5-7-9-11-13-15-17-19-21-23-25-27-29-31-33-35-37-42(44-40-41(45-42)39-43(3)4)38-36-34-32-30-28-26-24-22-20-18-16-14-12-10-8-6-2/h41H,5-40H2,1-4H3. The molecule has 0 aliphatic carbocycles. The van der Waals surface area contributed by atoms with Crippen molar-refractivity contribution >= 4 is 0 Å². The normalized spacial score (nSPS) is 16.3. The third kappa shape index (κ3) is 27.5. The molecular formula is C42H85NO2. The van der Waals surface area contributed by atoms with Gasteiger partial charge in [0, 0.05) is 19.4 Å². The number of nitrogens with zero attached hydrogens (tertiary/aromatic N) is 1. The van der Waals surface area contributed by atoms with E-state index in [1.54, 1.807) is 0 Å². The third-order valence-corrected chi connectivity index (χ3v) is 10.3. The van der Waals surface area contributed by atoms with E-state index in [1.807, 2.05) is 0 Å². The van der Waals surface area contributed by atoms with Gasteiger partial charge in [0.2, 0.25) is 0 Å². The molecule has 1 aliphatic heterocycles. The van der Waals surface area contributed by atoms with Crippen molar-refractivity contribution < 1.29 is 9.47 Å².